The molecule has 0 fully saturated rings. The molecule has 21 heavy (non-hydrogen) atoms. The van der Waals surface area contributed by atoms with Gasteiger partial charge in [0.15, 0.2) is 11.5 Å². The summed E-state index contributed by atoms with van der Waals surface area (Å²) in [6.07, 6.45) is -0.0102. The van der Waals surface area contributed by atoms with Crippen LogP contribution in [0.3, 0.4) is 0 Å². The molecule has 0 radical (unpaired) electrons. The molecule has 0 amide bonds. The lowest BCUT2D eigenvalue weighted by Crippen LogP contribution is -2.09. The fraction of sp³-hybridized carbons (Fsp3) is 0.312. The molecular weight excluding hydrogens is 268 g/mol. The van der Waals surface area contributed by atoms with Gasteiger partial charge in [-0.3, -0.25) is 0 Å². The van der Waals surface area contributed by atoms with Crippen LogP contribution in [0.15, 0.2) is 30.3 Å². The van der Waals surface area contributed by atoms with E-state index in [0.29, 0.717) is 28.9 Å². The Kier molecular flexibility index (Phi) is 4.52. The number of ether oxygens (including phenoxy) is 3. The number of anilines is 1. The molecule has 2 rings (SSSR count). The first-order valence-electron chi connectivity index (χ1n) is 6.75. The van der Waals surface area contributed by atoms with Gasteiger partial charge in [-0.05, 0) is 44.5 Å². The Labute approximate surface area is 124 Å². The summed E-state index contributed by atoms with van der Waals surface area (Å²) in [5.41, 5.74) is 7.41. The van der Waals surface area contributed by atoms with Crippen LogP contribution >= 0.6 is 0 Å². The number of pyridine rings is 1. The SMILES string of the molecule is COc1cc(C)ccc1Oc1ccc(N)c(OC(C)C)n1. The van der Waals surface area contributed by atoms with Crippen molar-refractivity contribution in [3.05, 3.63) is 35.9 Å². The monoisotopic (exact) mass is 288 g/mol. The number of nitrogens with two attached hydrogens (primary N) is 1. The van der Waals surface area contributed by atoms with E-state index in [1.807, 2.05) is 39.0 Å². The van der Waals surface area contributed by atoms with E-state index in [0.717, 1.165) is 5.56 Å². The summed E-state index contributed by atoms with van der Waals surface area (Å²) in [5.74, 6) is 2.02. The third-order valence-corrected chi connectivity index (χ3v) is 2.75. The van der Waals surface area contributed by atoms with Gasteiger partial charge in [0.05, 0.1) is 18.9 Å². The van der Waals surface area contributed by atoms with Crippen molar-refractivity contribution in [1.82, 2.24) is 4.98 Å². The summed E-state index contributed by atoms with van der Waals surface area (Å²) in [4.78, 5) is 4.28. The molecule has 0 saturated carbocycles. The summed E-state index contributed by atoms with van der Waals surface area (Å²) in [6.45, 7) is 5.82. The average molecular weight is 288 g/mol. The minimum absolute atomic E-state index is 0.0102. The zero-order valence-electron chi connectivity index (χ0n) is 12.7. The predicted molar refractivity (Wildman–Crippen MR) is 82.2 cm³/mol. The molecule has 1 aromatic heterocycles. The molecule has 1 heterocycles. The number of aryl methyl sites for hydroxylation is 1. The van der Waals surface area contributed by atoms with Crippen molar-refractivity contribution in [2.75, 3.05) is 12.8 Å². The molecule has 2 aromatic rings. The molecule has 1 aromatic carbocycles. The van der Waals surface area contributed by atoms with Crippen LogP contribution in [-0.2, 0) is 0 Å². The molecule has 0 spiro atoms. The van der Waals surface area contributed by atoms with Crippen LogP contribution in [0.1, 0.15) is 19.4 Å². The van der Waals surface area contributed by atoms with Gasteiger partial charge in [0.2, 0.25) is 11.8 Å². The number of aromatic nitrogens is 1. The van der Waals surface area contributed by atoms with Crippen LogP contribution < -0.4 is 19.9 Å². The molecule has 2 N–H and O–H groups in total. The van der Waals surface area contributed by atoms with Crippen molar-refractivity contribution in [3.8, 4) is 23.3 Å². The van der Waals surface area contributed by atoms with E-state index in [-0.39, 0.29) is 6.10 Å². The molecule has 0 atom stereocenters. The Morgan fingerprint density at radius 3 is 2.52 bits per heavy atom. The number of benzene rings is 1. The molecule has 0 saturated heterocycles. The summed E-state index contributed by atoms with van der Waals surface area (Å²) in [5, 5.41) is 0. The third kappa shape index (κ3) is 3.78. The fourth-order valence-corrected chi connectivity index (χ4v) is 1.78. The molecule has 0 bridgehead atoms. The van der Waals surface area contributed by atoms with Crippen molar-refractivity contribution >= 4 is 5.69 Å². The van der Waals surface area contributed by atoms with Gasteiger partial charge in [0.1, 0.15) is 0 Å². The first kappa shape index (κ1) is 15.0. The van der Waals surface area contributed by atoms with Crippen LogP contribution in [0.25, 0.3) is 0 Å². The van der Waals surface area contributed by atoms with Crippen molar-refractivity contribution in [3.63, 3.8) is 0 Å². The second kappa shape index (κ2) is 6.35. The van der Waals surface area contributed by atoms with Crippen LogP contribution in [0.2, 0.25) is 0 Å². The molecule has 5 heteroatoms. The molecular formula is C16H20N2O3. The zero-order chi connectivity index (χ0) is 15.4. The van der Waals surface area contributed by atoms with E-state index in [1.54, 1.807) is 19.2 Å². The van der Waals surface area contributed by atoms with E-state index < -0.39 is 0 Å². The molecule has 112 valence electrons. The van der Waals surface area contributed by atoms with Gasteiger partial charge < -0.3 is 19.9 Å². The van der Waals surface area contributed by atoms with Gasteiger partial charge >= 0.3 is 0 Å². The second-order valence-electron chi connectivity index (χ2n) is 4.97. The predicted octanol–water partition coefficient (Wildman–Crippen LogP) is 3.56. The van der Waals surface area contributed by atoms with Gasteiger partial charge in [-0.15, -0.1) is 0 Å². The Hall–Kier alpha value is -2.43. The van der Waals surface area contributed by atoms with E-state index in [2.05, 4.69) is 4.98 Å². The number of rotatable bonds is 5. The van der Waals surface area contributed by atoms with Crippen molar-refractivity contribution in [2.24, 2.45) is 0 Å². The highest BCUT2D eigenvalue weighted by Crippen LogP contribution is 2.33. The number of hydrogen-bond donors (Lipinski definition) is 1. The van der Waals surface area contributed by atoms with Crippen LogP contribution in [0, 0.1) is 6.92 Å². The fourth-order valence-electron chi connectivity index (χ4n) is 1.78. The number of nitrogen functional groups attached to an aromatic ring is 1. The molecule has 0 aliphatic carbocycles. The first-order chi connectivity index (χ1) is 9.99. The van der Waals surface area contributed by atoms with E-state index in [1.165, 1.54) is 0 Å². The van der Waals surface area contributed by atoms with Crippen molar-refractivity contribution in [2.45, 2.75) is 26.9 Å². The van der Waals surface area contributed by atoms with Gasteiger partial charge in [-0.25, -0.2) is 0 Å². The van der Waals surface area contributed by atoms with E-state index in [4.69, 9.17) is 19.9 Å². The molecule has 0 aliphatic rings. The maximum atomic E-state index is 5.84. The van der Waals surface area contributed by atoms with Gasteiger partial charge in [-0.1, -0.05) is 6.07 Å². The number of nitrogens with zero attached hydrogens (tertiary/aromatic N) is 1. The Morgan fingerprint density at radius 2 is 1.86 bits per heavy atom. The lowest BCUT2D eigenvalue weighted by atomic mass is 10.2. The minimum Gasteiger partial charge on any atom is -0.493 e. The minimum atomic E-state index is -0.0102. The zero-order valence-corrected chi connectivity index (χ0v) is 12.7. The lowest BCUT2D eigenvalue weighted by Gasteiger charge is -2.14. The third-order valence-electron chi connectivity index (χ3n) is 2.75. The highest BCUT2D eigenvalue weighted by Gasteiger charge is 2.10. The smallest absolute Gasteiger partial charge is 0.240 e. The normalized spacial score (nSPS) is 10.5. The average Bonchev–Trinajstić information content (AvgIpc) is 2.44. The first-order valence-corrected chi connectivity index (χ1v) is 6.75. The standard InChI is InChI=1S/C16H20N2O3/c1-10(2)20-16-12(17)6-8-15(18-16)21-13-7-5-11(3)9-14(13)19-4/h5-10H,17H2,1-4H3. The summed E-state index contributed by atoms with van der Waals surface area (Å²) < 4.78 is 16.6. The number of methoxy groups -OCH3 is 1. The highest BCUT2D eigenvalue weighted by molar-refractivity contribution is 5.51. The Balaban J connectivity index is 2.27. The van der Waals surface area contributed by atoms with Crippen LogP contribution in [0.5, 0.6) is 23.3 Å². The molecule has 5 nitrogen and oxygen atoms in total. The van der Waals surface area contributed by atoms with E-state index >= 15 is 0 Å². The van der Waals surface area contributed by atoms with Crippen molar-refractivity contribution < 1.29 is 14.2 Å². The maximum Gasteiger partial charge on any atom is 0.240 e. The largest absolute Gasteiger partial charge is 0.493 e. The molecule has 0 unspecified atom stereocenters. The quantitative estimate of drug-likeness (QED) is 0.911. The summed E-state index contributed by atoms with van der Waals surface area (Å²) in [6, 6.07) is 9.09. The Morgan fingerprint density at radius 1 is 1.10 bits per heavy atom. The van der Waals surface area contributed by atoms with Gasteiger partial charge in [0, 0.05) is 6.07 Å². The lowest BCUT2D eigenvalue weighted by molar-refractivity contribution is 0.232. The maximum absolute atomic E-state index is 5.84. The second-order valence-corrected chi connectivity index (χ2v) is 4.97. The van der Waals surface area contributed by atoms with E-state index in [9.17, 15) is 0 Å². The summed E-state index contributed by atoms with van der Waals surface area (Å²) >= 11 is 0. The van der Waals surface area contributed by atoms with Gasteiger partial charge in [0.25, 0.3) is 0 Å². The topological polar surface area (TPSA) is 66.6 Å². The van der Waals surface area contributed by atoms with Crippen LogP contribution in [-0.4, -0.2) is 18.2 Å². The Bertz CT molecular complexity index is 627. The summed E-state index contributed by atoms with van der Waals surface area (Å²) in [7, 11) is 1.60. The highest BCUT2D eigenvalue weighted by atomic mass is 16.5. The molecule has 0 aliphatic heterocycles. The van der Waals surface area contributed by atoms with Gasteiger partial charge in [-0.2, -0.15) is 4.98 Å². The number of hydrogen-bond acceptors (Lipinski definition) is 5. The van der Waals surface area contributed by atoms with Crippen molar-refractivity contribution in [1.29, 1.82) is 0 Å². The van der Waals surface area contributed by atoms with Crippen LogP contribution in [0.4, 0.5) is 5.69 Å².